The van der Waals surface area contributed by atoms with Gasteiger partial charge < -0.3 is 14.6 Å². The van der Waals surface area contributed by atoms with Gasteiger partial charge >= 0.3 is 24.8 Å². The van der Waals surface area contributed by atoms with Crippen molar-refractivity contribution in [2.45, 2.75) is 45.4 Å². The summed E-state index contributed by atoms with van der Waals surface area (Å²) in [5.74, 6) is -1.63. The maximum atomic E-state index is 11.9. The molecule has 0 aromatic carbocycles. The van der Waals surface area contributed by atoms with Gasteiger partial charge in [0.15, 0.2) is 0 Å². The molecular formula is C12H15LiN2O4S. The number of nitrogens with zero attached hydrogens (tertiary/aromatic N) is 1. The van der Waals surface area contributed by atoms with E-state index in [0.29, 0.717) is 18.7 Å². The molecule has 0 saturated carbocycles. The largest absolute Gasteiger partial charge is 1.00 e. The number of hydrogen-bond donors (Lipinski definition) is 1. The first-order valence-electron chi connectivity index (χ1n) is 5.92. The van der Waals surface area contributed by atoms with Crippen molar-refractivity contribution in [3.63, 3.8) is 0 Å². The summed E-state index contributed by atoms with van der Waals surface area (Å²) in [6.45, 7) is 5.83. The molecule has 1 N–H and O–H groups in total. The van der Waals surface area contributed by atoms with E-state index in [1.54, 1.807) is 20.8 Å². The SMILES string of the molecule is CC(C)(C)OC(=O)C1Cc2nc(C(=O)[O-])sc2CN1.[Li+]. The minimum Gasteiger partial charge on any atom is -0.542 e. The Bertz CT molecular complexity index is 524. The van der Waals surface area contributed by atoms with Crippen molar-refractivity contribution in [2.24, 2.45) is 0 Å². The third-order valence-corrected chi connectivity index (χ3v) is 3.63. The van der Waals surface area contributed by atoms with Gasteiger partial charge in [-0.1, -0.05) is 0 Å². The Hall–Kier alpha value is -0.873. The summed E-state index contributed by atoms with van der Waals surface area (Å²) < 4.78 is 5.29. The van der Waals surface area contributed by atoms with Gasteiger partial charge in [0.05, 0.1) is 5.69 Å². The molecule has 1 aliphatic heterocycles. The first-order valence-corrected chi connectivity index (χ1v) is 6.74. The van der Waals surface area contributed by atoms with E-state index in [1.165, 1.54) is 0 Å². The minimum absolute atomic E-state index is 0. The summed E-state index contributed by atoms with van der Waals surface area (Å²) in [5, 5.41) is 13.7. The quantitative estimate of drug-likeness (QED) is 0.457. The van der Waals surface area contributed by atoms with Crippen LogP contribution in [0.2, 0.25) is 0 Å². The number of hydrogen-bond acceptors (Lipinski definition) is 7. The van der Waals surface area contributed by atoms with Crippen LogP contribution in [-0.2, 0) is 22.5 Å². The molecule has 2 rings (SSSR count). The number of aromatic nitrogens is 1. The molecule has 0 radical (unpaired) electrons. The van der Waals surface area contributed by atoms with E-state index in [-0.39, 0.29) is 29.8 Å². The number of esters is 1. The van der Waals surface area contributed by atoms with Crippen molar-refractivity contribution in [1.29, 1.82) is 0 Å². The number of carboxylic acids is 1. The maximum absolute atomic E-state index is 11.9. The van der Waals surface area contributed by atoms with E-state index in [9.17, 15) is 14.7 Å². The molecule has 0 bridgehead atoms. The van der Waals surface area contributed by atoms with Gasteiger partial charge in [-0.15, -0.1) is 11.3 Å². The van der Waals surface area contributed by atoms with Crippen LogP contribution in [-0.4, -0.2) is 28.6 Å². The molecule has 8 heteroatoms. The standard InChI is InChI=1S/C12H16N2O4S.Li/c1-12(2,3)18-11(17)7-4-6-8(5-13-7)19-9(14-6)10(15)16;/h7,13H,4-5H2,1-3H3,(H,15,16);/q;+1/p-1. The Morgan fingerprint density at radius 1 is 1.45 bits per heavy atom. The third-order valence-electron chi connectivity index (χ3n) is 2.55. The molecule has 0 fully saturated rings. The zero-order valence-electron chi connectivity index (χ0n) is 12.0. The summed E-state index contributed by atoms with van der Waals surface area (Å²) in [4.78, 5) is 27.5. The van der Waals surface area contributed by atoms with Gasteiger partial charge in [0.2, 0.25) is 0 Å². The van der Waals surface area contributed by atoms with Crippen LogP contribution in [0.25, 0.3) is 0 Å². The number of carboxylic acid groups (broad SMARTS) is 1. The smallest absolute Gasteiger partial charge is 0.542 e. The second-order valence-electron chi connectivity index (χ2n) is 5.35. The van der Waals surface area contributed by atoms with Crippen LogP contribution in [0.3, 0.4) is 0 Å². The van der Waals surface area contributed by atoms with Crippen LogP contribution in [0.1, 0.15) is 41.1 Å². The van der Waals surface area contributed by atoms with Crippen molar-refractivity contribution in [3.05, 3.63) is 15.6 Å². The normalized spacial score (nSPS) is 17.9. The second-order valence-corrected chi connectivity index (χ2v) is 6.43. The predicted molar refractivity (Wildman–Crippen MR) is 66.6 cm³/mol. The first kappa shape index (κ1) is 17.2. The number of carbonyl (C=O) groups excluding carboxylic acids is 2. The van der Waals surface area contributed by atoms with Crippen molar-refractivity contribution >= 4 is 23.3 Å². The van der Waals surface area contributed by atoms with E-state index in [4.69, 9.17) is 4.74 Å². The van der Waals surface area contributed by atoms with E-state index in [2.05, 4.69) is 10.3 Å². The van der Waals surface area contributed by atoms with Crippen molar-refractivity contribution in [1.82, 2.24) is 10.3 Å². The number of rotatable bonds is 2. The molecule has 1 aliphatic rings. The zero-order valence-corrected chi connectivity index (χ0v) is 12.8. The second kappa shape index (κ2) is 6.27. The molecule has 0 aliphatic carbocycles. The number of nitrogens with one attached hydrogen (secondary N) is 1. The Morgan fingerprint density at radius 2 is 2.10 bits per heavy atom. The molecule has 2 heterocycles. The van der Waals surface area contributed by atoms with Gasteiger partial charge in [-0.3, -0.25) is 10.1 Å². The van der Waals surface area contributed by atoms with E-state index in [1.807, 2.05) is 0 Å². The van der Waals surface area contributed by atoms with E-state index >= 15 is 0 Å². The molecule has 0 amide bonds. The van der Waals surface area contributed by atoms with Crippen LogP contribution >= 0.6 is 11.3 Å². The fourth-order valence-corrected chi connectivity index (χ4v) is 2.66. The minimum atomic E-state index is -1.28. The molecule has 6 nitrogen and oxygen atoms in total. The van der Waals surface area contributed by atoms with Crippen molar-refractivity contribution < 1.29 is 38.3 Å². The van der Waals surface area contributed by atoms with Crippen LogP contribution < -0.4 is 29.3 Å². The van der Waals surface area contributed by atoms with Gasteiger partial charge in [0.1, 0.15) is 22.6 Å². The van der Waals surface area contributed by atoms with Crippen LogP contribution in [0, 0.1) is 0 Å². The average Bonchev–Trinajstić information content (AvgIpc) is 2.69. The number of thiazole rings is 1. The van der Waals surface area contributed by atoms with Gasteiger partial charge in [0.25, 0.3) is 0 Å². The van der Waals surface area contributed by atoms with Crippen LogP contribution in [0.5, 0.6) is 0 Å². The number of ether oxygens (including phenoxy) is 1. The van der Waals surface area contributed by atoms with Crippen molar-refractivity contribution in [2.75, 3.05) is 0 Å². The molecular weight excluding hydrogens is 275 g/mol. The number of carbonyl (C=O) groups is 2. The number of aromatic carboxylic acids is 1. The summed E-state index contributed by atoms with van der Waals surface area (Å²) in [6.07, 6.45) is 0.341. The van der Waals surface area contributed by atoms with Gasteiger partial charge in [-0.25, -0.2) is 4.98 Å². The van der Waals surface area contributed by atoms with Gasteiger partial charge in [-0.05, 0) is 20.8 Å². The zero-order chi connectivity index (χ0) is 14.2. The molecule has 1 unspecified atom stereocenters. The molecule has 0 saturated heterocycles. The molecule has 1 atom stereocenters. The topological polar surface area (TPSA) is 91.3 Å². The van der Waals surface area contributed by atoms with Gasteiger partial charge in [-0.2, -0.15) is 0 Å². The van der Waals surface area contributed by atoms with Crippen LogP contribution in [0.4, 0.5) is 0 Å². The Kier molecular flexibility index (Phi) is 5.38. The molecule has 104 valence electrons. The fourth-order valence-electron chi connectivity index (χ4n) is 1.79. The third kappa shape index (κ3) is 4.06. The molecule has 0 spiro atoms. The summed E-state index contributed by atoms with van der Waals surface area (Å²) in [5.41, 5.74) is 0.0934. The van der Waals surface area contributed by atoms with Crippen molar-refractivity contribution in [3.8, 4) is 0 Å². The monoisotopic (exact) mass is 290 g/mol. The predicted octanol–water partition coefficient (Wildman–Crippen LogP) is -3.13. The Labute approximate surface area is 133 Å². The van der Waals surface area contributed by atoms with E-state index in [0.717, 1.165) is 16.2 Å². The Balaban J connectivity index is 0.00000200. The summed E-state index contributed by atoms with van der Waals surface area (Å²) in [7, 11) is 0. The summed E-state index contributed by atoms with van der Waals surface area (Å²) in [6, 6.07) is -0.483. The first-order chi connectivity index (χ1) is 8.76. The fraction of sp³-hybridized carbons (Fsp3) is 0.583. The molecule has 20 heavy (non-hydrogen) atoms. The maximum Gasteiger partial charge on any atom is 1.00 e. The average molecular weight is 290 g/mol. The summed E-state index contributed by atoms with van der Waals surface area (Å²) >= 11 is 1.08. The van der Waals surface area contributed by atoms with Crippen LogP contribution in [0.15, 0.2) is 0 Å². The molecule has 1 aromatic heterocycles. The molecule has 1 aromatic rings. The van der Waals surface area contributed by atoms with E-state index < -0.39 is 17.6 Å². The Morgan fingerprint density at radius 3 is 2.65 bits per heavy atom. The number of fused-ring (bicyclic) bond motifs is 1. The van der Waals surface area contributed by atoms with Gasteiger partial charge in [0, 0.05) is 17.8 Å².